The molecule has 1 aliphatic rings. The predicted molar refractivity (Wildman–Crippen MR) is 127 cm³/mol. The number of carbonyl (C=O) groups excluding carboxylic acids is 1. The zero-order chi connectivity index (χ0) is 23.3. The van der Waals surface area contributed by atoms with E-state index in [9.17, 15) is 13.2 Å². The maximum Gasteiger partial charge on any atom is 0.242 e. The molecule has 1 saturated carbocycles. The summed E-state index contributed by atoms with van der Waals surface area (Å²) in [5.74, 6) is 0.187. The summed E-state index contributed by atoms with van der Waals surface area (Å²) < 4.78 is 31.3. The van der Waals surface area contributed by atoms with Gasteiger partial charge in [0.05, 0.1) is 10.6 Å². The Morgan fingerprint density at radius 2 is 1.79 bits per heavy atom. The first-order valence-corrected chi connectivity index (χ1v) is 12.7. The van der Waals surface area contributed by atoms with Gasteiger partial charge in [-0.2, -0.15) is 0 Å². The maximum atomic E-state index is 13.5. The first-order chi connectivity index (χ1) is 15.9. The van der Waals surface area contributed by atoms with Gasteiger partial charge < -0.3 is 10.1 Å². The zero-order valence-electron chi connectivity index (χ0n) is 18.0. The smallest absolute Gasteiger partial charge is 0.242 e. The molecule has 2 aromatic carbocycles. The molecule has 1 heterocycles. The SMILES string of the molecule is O=C(NCc1cccc(OCc2ccccn2)c1)C1(S(=O)(=O)c2ccc(Cl)cc2)CCCC1. The summed E-state index contributed by atoms with van der Waals surface area (Å²) in [7, 11) is -3.87. The second-order valence-electron chi connectivity index (χ2n) is 8.10. The first kappa shape index (κ1) is 23.3. The molecule has 3 aromatic rings. The number of amides is 1. The molecule has 0 radical (unpaired) electrons. The largest absolute Gasteiger partial charge is 0.487 e. The fraction of sp³-hybridized carbons (Fsp3) is 0.280. The quantitative estimate of drug-likeness (QED) is 0.500. The van der Waals surface area contributed by atoms with Gasteiger partial charge in [0.15, 0.2) is 14.6 Å². The van der Waals surface area contributed by atoms with Gasteiger partial charge in [0.25, 0.3) is 0 Å². The third-order valence-electron chi connectivity index (χ3n) is 5.93. The average molecular weight is 485 g/mol. The van der Waals surface area contributed by atoms with Gasteiger partial charge in [0.1, 0.15) is 12.4 Å². The van der Waals surface area contributed by atoms with E-state index in [4.69, 9.17) is 16.3 Å². The number of hydrogen-bond acceptors (Lipinski definition) is 5. The molecule has 8 heteroatoms. The Bertz CT molecular complexity index is 1210. The van der Waals surface area contributed by atoms with Crippen LogP contribution >= 0.6 is 11.6 Å². The number of nitrogens with one attached hydrogen (secondary N) is 1. The van der Waals surface area contributed by atoms with Crippen LogP contribution in [0, 0.1) is 0 Å². The summed E-state index contributed by atoms with van der Waals surface area (Å²) in [4.78, 5) is 17.6. The average Bonchev–Trinajstić information content (AvgIpc) is 3.35. The van der Waals surface area contributed by atoms with E-state index in [0.717, 1.165) is 11.3 Å². The fourth-order valence-corrected chi connectivity index (χ4v) is 6.35. The maximum absolute atomic E-state index is 13.5. The topological polar surface area (TPSA) is 85.4 Å². The van der Waals surface area contributed by atoms with Crippen LogP contribution in [-0.4, -0.2) is 24.1 Å². The van der Waals surface area contributed by atoms with Gasteiger partial charge in [-0.05, 0) is 66.9 Å². The van der Waals surface area contributed by atoms with Crippen LogP contribution < -0.4 is 10.1 Å². The fourth-order valence-electron chi connectivity index (χ4n) is 4.13. The van der Waals surface area contributed by atoms with Crippen molar-refractivity contribution in [1.82, 2.24) is 10.3 Å². The minimum atomic E-state index is -3.87. The minimum absolute atomic E-state index is 0.119. The Labute approximate surface area is 198 Å². The van der Waals surface area contributed by atoms with Crippen LogP contribution in [-0.2, 0) is 27.8 Å². The molecule has 6 nitrogen and oxygen atoms in total. The zero-order valence-corrected chi connectivity index (χ0v) is 19.6. The van der Waals surface area contributed by atoms with E-state index in [1.165, 1.54) is 24.3 Å². The van der Waals surface area contributed by atoms with Crippen LogP contribution in [0.3, 0.4) is 0 Å². The second-order valence-corrected chi connectivity index (χ2v) is 10.8. The molecule has 172 valence electrons. The molecule has 1 fully saturated rings. The predicted octanol–water partition coefficient (Wildman–Crippen LogP) is 4.72. The third kappa shape index (κ3) is 5.04. The summed E-state index contributed by atoms with van der Waals surface area (Å²) in [6, 6.07) is 19.0. The van der Waals surface area contributed by atoms with Gasteiger partial charge in [-0.25, -0.2) is 8.42 Å². The lowest BCUT2D eigenvalue weighted by Crippen LogP contribution is -2.50. The van der Waals surface area contributed by atoms with Crippen molar-refractivity contribution in [3.63, 3.8) is 0 Å². The van der Waals surface area contributed by atoms with Crippen molar-refractivity contribution in [2.45, 2.75) is 48.5 Å². The van der Waals surface area contributed by atoms with E-state index in [-0.39, 0.29) is 11.4 Å². The van der Waals surface area contributed by atoms with Crippen LogP contribution in [0.25, 0.3) is 0 Å². The van der Waals surface area contributed by atoms with Crippen molar-refractivity contribution in [2.24, 2.45) is 0 Å². The Hall–Kier alpha value is -2.90. The highest BCUT2D eigenvalue weighted by Crippen LogP contribution is 2.41. The van der Waals surface area contributed by atoms with Crippen molar-refractivity contribution in [1.29, 1.82) is 0 Å². The van der Waals surface area contributed by atoms with Gasteiger partial charge in [0, 0.05) is 17.8 Å². The highest BCUT2D eigenvalue weighted by atomic mass is 35.5. The summed E-state index contributed by atoms with van der Waals surface area (Å²) in [6.07, 6.45) is 3.70. The molecule has 0 spiro atoms. The van der Waals surface area contributed by atoms with Crippen molar-refractivity contribution >= 4 is 27.3 Å². The van der Waals surface area contributed by atoms with Gasteiger partial charge in [0.2, 0.25) is 5.91 Å². The van der Waals surface area contributed by atoms with Crippen molar-refractivity contribution in [3.05, 3.63) is 89.2 Å². The Morgan fingerprint density at radius 3 is 2.48 bits per heavy atom. The molecule has 0 atom stereocenters. The first-order valence-electron chi connectivity index (χ1n) is 10.8. The number of hydrogen-bond donors (Lipinski definition) is 1. The standard InChI is InChI=1S/C25H25ClN2O4S/c26-20-9-11-23(12-10-20)33(30,31)25(13-2-3-14-25)24(29)28-17-19-6-5-8-22(16-19)32-18-21-7-1-4-15-27-21/h1,4-12,15-16H,2-3,13-14,17-18H2,(H,28,29). The van der Waals surface area contributed by atoms with Gasteiger partial charge in [-0.3, -0.25) is 9.78 Å². The number of rotatable bonds is 8. The van der Waals surface area contributed by atoms with Crippen molar-refractivity contribution < 1.29 is 17.9 Å². The van der Waals surface area contributed by atoms with Crippen LogP contribution in [0.1, 0.15) is 36.9 Å². The normalized spacial score (nSPS) is 15.2. The Balaban J connectivity index is 1.46. The van der Waals surface area contributed by atoms with E-state index >= 15 is 0 Å². The number of sulfone groups is 1. The Kier molecular flexibility index (Phi) is 7.00. The van der Waals surface area contributed by atoms with Crippen molar-refractivity contribution in [2.75, 3.05) is 0 Å². The molecule has 0 saturated heterocycles. The lowest BCUT2D eigenvalue weighted by atomic mass is 10.1. The number of nitrogens with zero attached hydrogens (tertiary/aromatic N) is 1. The van der Waals surface area contributed by atoms with Crippen LogP contribution in [0.15, 0.2) is 77.8 Å². The highest BCUT2D eigenvalue weighted by Gasteiger charge is 2.52. The monoisotopic (exact) mass is 484 g/mol. The molecule has 1 amide bonds. The molecular weight excluding hydrogens is 460 g/mol. The molecule has 0 bridgehead atoms. The lowest BCUT2D eigenvalue weighted by molar-refractivity contribution is -0.123. The molecule has 33 heavy (non-hydrogen) atoms. The number of carbonyl (C=O) groups is 1. The van der Waals surface area contributed by atoms with E-state index in [0.29, 0.717) is 43.1 Å². The number of aromatic nitrogens is 1. The van der Waals surface area contributed by atoms with E-state index in [1.54, 1.807) is 6.20 Å². The second kappa shape index (κ2) is 9.93. The van der Waals surface area contributed by atoms with Crippen LogP contribution in [0.4, 0.5) is 0 Å². The molecule has 4 rings (SSSR count). The number of pyridine rings is 1. The molecule has 0 aliphatic heterocycles. The number of halogens is 1. The molecule has 1 aliphatic carbocycles. The van der Waals surface area contributed by atoms with Gasteiger partial charge in [-0.1, -0.05) is 42.6 Å². The number of ether oxygens (including phenoxy) is 1. The number of benzene rings is 2. The molecule has 1 N–H and O–H groups in total. The Morgan fingerprint density at radius 1 is 1.03 bits per heavy atom. The summed E-state index contributed by atoms with van der Waals surface area (Å²) in [6.45, 7) is 0.538. The molecule has 0 unspecified atom stereocenters. The van der Waals surface area contributed by atoms with Gasteiger partial charge >= 0.3 is 0 Å². The third-order valence-corrected chi connectivity index (χ3v) is 8.69. The van der Waals surface area contributed by atoms with Crippen LogP contribution in [0.5, 0.6) is 5.75 Å². The molecular formula is C25H25ClN2O4S. The lowest BCUT2D eigenvalue weighted by Gasteiger charge is -2.27. The van der Waals surface area contributed by atoms with E-state index in [2.05, 4.69) is 10.3 Å². The minimum Gasteiger partial charge on any atom is -0.487 e. The van der Waals surface area contributed by atoms with Gasteiger partial charge in [-0.15, -0.1) is 0 Å². The van der Waals surface area contributed by atoms with Crippen LogP contribution in [0.2, 0.25) is 5.02 Å². The summed E-state index contributed by atoms with van der Waals surface area (Å²) in [5, 5.41) is 3.31. The van der Waals surface area contributed by atoms with E-state index < -0.39 is 20.5 Å². The van der Waals surface area contributed by atoms with E-state index in [1.807, 2.05) is 42.5 Å². The van der Waals surface area contributed by atoms with Crippen molar-refractivity contribution in [3.8, 4) is 5.75 Å². The summed E-state index contributed by atoms with van der Waals surface area (Å²) >= 11 is 5.92. The summed E-state index contributed by atoms with van der Waals surface area (Å²) in [5.41, 5.74) is 1.63. The highest BCUT2D eigenvalue weighted by molar-refractivity contribution is 7.93. The molecule has 1 aromatic heterocycles.